The van der Waals surface area contributed by atoms with Gasteiger partial charge in [-0.1, -0.05) is 25.1 Å². The maximum Gasteiger partial charge on any atom is 0.256 e. The SMILES string of the molecule is CCc1cccc2c1N(C(C)COC)C(=O)C(O)C2. The monoisotopic (exact) mass is 263 g/mol. The fraction of sp³-hybridized carbons (Fsp3) is 0.533. The van der Waals surface area contributed by atoms with Gasteiger partial charge >= 0.3 is 0 Å². The fourth-order valence-corrected chi connectivity index (χ4v) is 2.72. The number of benzene rings is 1. The molecule has 1 aliphatic heterocycles. The van der Waals surface area contributed by atoms with Crippen LogP contribution in [0.1, 0.15) is 25.0 Å². The third-order valence-corrected chi connectivity index (χ3v) is 3.61. The van der Waals surface area contributed by atoms with E-state index in [9.17, 15) is 9.90 Å². The second-order valence-electron chi connectivity index (χ2n) is 5.01. The van der Waals surface area contributed by atoms with E-state index >= 15 is 0 Å². The third-order valence-electron chi connectivity index (χ3n) is 3.61. The number of fused-ring (bicyclic) bond motifs is 1. The van der Waals surface area contributed by atoms with Crippen molar-refractivity contribution in [3.63, 3.8) is 0 Å². The Morgan fingerprint density at radius 2 is 2.26 bits per heavy atom. The maximum absolute atomic E-state index is 12.3. The van der Waals surface area contributed by atoms with Crippen LogP contribution >= 0.6 is 0 Å². The average Bonchev–Trinajstić information content (AvgIpc) is 2.39. The molecule has 2 unspecified atom stereocenters. The minimum absolute atomic E-state index is 0.0844. The minimum atomic E-state index is -0.945. The van der Waals surface area contributed by atoms with Crippen LogP contribution in [0.2, 0.25) is 0 Å². The van der Waals surface area contributed by atoms with Gasteiger partial charge in [0.25, 0.3) is 5.91 Å². The highest BCUT2D eigenvalue weighted by Crippen LogP contribution is 2.33. The number of nitrogens with zero attached hydrogens (tertiary/aromatic N) is 1. The van der Waals surface area contributed by atoms with Crippen LogP contribution in [0.5, 0.6) is 0 Å². The lowest BCUT2D eigenvalue weighted by Crippen LogP contribution is -2.50. The Kier molecular flexibility index (Phi) is 4.22. The molecule has 0 bridgehead atoms. The van der Waals surface area contributed by atoms with Crippen LogP contribution in [-0.2, 0) is 22.4 Å². The molecule has 0 fully saturated rings. The molecule has 0 aromatic heterocycles. The molecule has 1 N–H and O–H groups in total. The molecule has 2 rings (SSSR count). The van der Waals surface area contributed by atoms with Gasteiger partial charge in [-0.3, -0.25) is 4.79 Å². The number of para-hydroxylation sites is 1. The normalized spacial score (nSPS) is 20.3. The van der Waals surface area contributed by atoms with Gasteiger partial charge in [0.1, 0.15) is 6.10 Å². The van der Waals surface area contributed by atoms with Crippen molar-refractivity contribution in [2.45, 2.75) is 38.8 Å². The Labute approximate surface area is 114 Å². The quantitative estimate of drug-likeness (QED) is 0.896. The summed E-state index contributed by atoms with van der Waals surface area (Å²) in [5, 5.41) is 9.94. The van der Waals surface area contributed by atoms with E-state index in [4.69, 9.17) is 4.74 Å². The summed E-state index contributed by atoms with van der Waals surface area (Å²) in [7, 11) is 1.62. The predicted molar refractivity (Wildman–Crippen MR) is 74.4 cm³/mol. The summed E-state index contributed by atoms with van der Waals surface area (Å²) in [5.74, 6) is -0.224. The van der Waals surface area contributed by atoms with E-state index in [2.05, 4.69) is 6.92 Å². The van der Waals surface area contributed by atoms with Gasteiger partial charge in [0, 0.05) is 13.5 Å². The summed E-state index contributed by atoms with van der Waals surface area (Å²) < 4.78 is 5.15. The van der Waals surface area contributed by atoms with E-state index in [-0.39, 0.29) is 11.9 Å². The van der Waals surface area contributed by atoms with Crippen LogP contribution in [0.3, 0.4) is 0 Å². The topological polar surface area (TPSA) is 49.8 Å². The molecule has 1 amide bonds. The second kappa shape index (κ2) is 5.72. The number of aliphatic hydroxyl groups excluding tert-OH is 1. The van der Waals surface area contributed by atoms with E-state index in [0.717, 1.165) is 23.2 Å². The summed E-state index contributed by atoms with van der Waals surface area (Å²) in [4.78, 5) is 14.0. The molecule has 0 saturated heterocycles. The van der Waals surface area contributed by atoms with E-state index in [1.807, 2.05) is 25.1 Å². The lowest BCUT2D eigenvalue weighted by atomic mass is 9.93. The minimum Gasteiger partial charge on any atom is -0.383 e. The number of ether oxygens (including phenoxy) is 1. The zero-order valence-electron chi connectivity index (χ0n) is 11.7. The third kappa shape index (κ3) is 2.51. The first-order valence-electron chi connectivity index (χ1n) is 6.71. The van der Waals surface area contributed by atoms with E-state index in [1.165, 1.54) is 0 Å². The van der Waals surface area contributed by atoms with Crippen molar-refractivity contribution in [1.29, 1.82) is 0 Å². The first kappa shape index (κ1) is 14.0. The van der Waals surface area contributed by atoms with Crippen molar-refractivity contribution >= 4 is 11.6 Å². The number of hydrogen-bond donors (Lipinski definition) is 1. The molecule has 1 heterocycles. The highest BCUT2D eigenvalue weighted by molar-refractivity contribution is 6.00. The molecule has 0 aliphatic carbocycles. The van der Waals surface area contributed by atoms with Crippen LogP contribution in [0.4, 0.5) is 5.69 Å². The number of carbonyl (C=O) groups excluding carboxylic acids is 1. The van der Waals surface area contributed by atoms with E-state index < -0.39 is 6.10 Å². The number of anilines is 1. The number of aliphatic hydroxyl groups is 1. The molecule has 104 valence electrons. The van der Waals surface area contributed by atoms with Gasteiger partial charge in [0.15, 0.2) is 0 Å². The van der Waals surface area contributed by atoms with Crippen LogP contribution in [-0.4, -0.2) is 36.9 Å². The highest BCUT2D eigenvalue weighted by atomic mass is 16.5. The zero-order chi connectivity index (χ0) is 14.0. The average molecular weight is 263 g/mol. The Morgan fingerprint density at radius 1 is 1.53 bits per heavy atom. The molecule has 4 nitrogen and oxygen atoms in total. The van der Waals surface area contributed by atoms with Gasteiger partial charge in [-0.25, -0.2) is 0 Å². The number of aryl methyl sites for hydroxylation is 1. The second-order valence-corrected chi connectivity index (χ2v) is 5.01. The van der Waals surface area contributed by atoms with Gasteiger partial charge in [-0.2, -0.15) is 0 Å². The predicted octanol–water partition coefficient (Wildman–Crippen LogP) is 1.53. The molecule has 1 aromatic rings. The lowest BCUT2D eigenvalue weighted by Gasteiger charge is -2.37. The standard InChI is InChI=1S/C15H21NO3/c1-4-11-6-5-7-12-8-13(17)15(18)16(14(11)12)10(2)9-19-3/h5-7,10,13,17H,4,8-9H2,1-3H3. The van der Waals surface area contributed by atoms with Gasteiger partial charge in [0.05, 0.1) is 18.3 Å². The molecule has 4 heteroatoms. The summed E-state index contributed by atoms with van der Waals surface area (Å²) >= 11 is 0. The molecule has 2 atom stereocenters. The van der Waals surface area contributed by atoms with Crippen LogP contribution in [0, 0.1) is 0 Å². The van der Waals surface area contributed by atoms with E-state index in [1.54, 1.807) is 12.0 Å². The first-order valence-corrected chi connectivity index (χ1v) is 6.71. The molecule has 0 saturated carbocycles. The first-order chi connectivity index (χ1) is 9.10. The number of hydrogen-bond acceptors (Lipinski definition) is 3. The molecule has 1 aliphatic rings. The van der Waals surface area contributed by atoms with Crippen LogP contribution in [0.25, 0.3) is 0 Å². The fourth-order valence-electron chi connectivity index (χ4n) is 2.72. The van der Waals surface area contributed by atoms with Crippen molar-refractivity contribution in [2.24, 2.45) is 0 Å². The van der Waals surface area contributed by atoms with Crippen molar-refractivity contribution in [2.75, 3.05) is 18.6 Å². The maximum atomic E-state index is 12.3. The molecular weight excluding hydrogens is 242 g/mol. The summed E-state index contributed by atoms with van der Waals surface area (Å²) in [5.41, 5.74) is 3.14. The lowest BCUT2D eigenvalue weighted by molar-refractivity contribution is -0.127. The molecule has 19 heavy (non-hydrogen) atoms. The molecule has 0 spiro atoms. The Morgan fingerprint density at radius 3 is 2.89 bits per heavy atom. The van der Waals surface area contributed by atoms with Gasteiger partial charge < -0.3 is 14.7 Å². The number of carbonyl (C=O) groups is 1. The van der Waals surface area contributed by atoms with Crippen molar-refractivity contribution in [3.8, 4) is 0 Å². The Hall–Kier alpha value is -1.39. The summed E-state index contributed by atoms with van der Waals surface area (Å²) in [6, 6.07) is 5.92. The van der Waals surface area contributed by atoms with Crippen molar-refractivity contribution in [3.05, 3.63) is 29.3 Å². The smallest absolute Gasteiger partial charge is 0.256 e. The molecule has 1 aromatic carbocycles. The summed E-state index contributed by atoms with van der Waals surface area (Å²) in [6.07, 6.45) is 0.319. The number of methoxy groups -OCH3 is 1. The molecular formula is C15H21NO3. The van der Waals surface area contributed by atoms with Crippen LogP contribution in [0.15, 0.2) is 18.2 Å². The van der Waals surface area contributed by atoms with E-state index in [0.29, 0.717) is 13.0 Å². The van der Waals surface area contributed by atoms with Gasteiger partial charge in [-0.15, -0.1) is 0 Å². The number of amides is 1. The highest BCUT2D eigenvalue weighted by Gasteiger charge is 2.35. The van der Waals surface area contributed by atoms with Crippen molar-refractivity contribution < 1.29 is 14.6 Å². The summed E-state index contributed by atoms with van der Waals surface area (Å²) in [6.45, 7) is 4.47. The van der Waals surface area contributed by atoms with Gasteiger partial charge in [0.2, 0.25) is 0 Å². The Balaban J connectivity index is 2.50. The van der Waals surface area contributed by atoms with Crippen molar-refractivity contribution in [1.82, 2.24) is 0 Å². The zero-order valence-corrected chi connectivity index (χ0v) is 11.7. The largest absolute Gasteiger partial charge is 0.383 e. The molecule has 0 radical (unpaired) electrons. The van der Waals surface area contributed by atoms with Crippen LogP contribution < -0.4 is 4.90 Å². The Bertz CT molecular complexity index is 472. The van der Waals surface area contributed by atoms with Gasteiger partial charge in [-0.05, 0) is 24.5 Å². The number of rotatable bonds is 4.